The molecule has 0 spiro atoms. The van der Waals surface area contributed by atoms with E-state index in [0.29, 0.717) is 23.7 Å². The summed E-state index contributed by atoms with van der Waals surface area (Å²) < 4.78 is 0. The molecule has 5 heteroatoms. The van der Waals surface area contributed by atoms with E-state index in [4.69, 9.17) is 5.73 Å². The number of nitrogens with one attached hydrogen (secondary N) is 1. The van der Waals surface area contributed by atoms with E-state index in [2.05, 4.69) is 26.1 Å². The van der Waals surface area contributed by atoms with Gasteiger partial charge in [0.2, 0.25) is 0 Å². The van der Waals surface area contributed by atoms with Crippen molar-refractivity contribution >= 4 is 30.6 Å². The molecule has 0 aromatic carbocycles. The molecule has 0 aromatic rings. The minimum absolute atomic E-state index is 0. The number of carbonyl (C=O) groups is 1. The normalized spacial score (nSPS) is 36.1. The van der Waals surface area contributed by atoms with Crippen molar-refractivity contribution in [3.8, 4) is 0 Å². The first kappa shape index (κ1) is 18.2. The zero-order valence-electron chi connectivity index (χ0n) is 11.5. The molecule has 0 amide bonds. The standard InChI is InChI=1S/C13H24N2O.2ClH/c1-12(2)9-7-11(16)13(3,8-10(9)12)15-6-4-5-14;;/h9-10,15H,4-8,14H2,1-3H3;2*1H/t9-,10+,13+;;/m1../s1. The first-order chi connectivity index (χ1) is 7.42. The summed E-state index contributed by atoms with van der Waals surface area (Å²) in [5.74, 6) is 1.78. The number of rotatable bonds is 4. The number of nitrogens with two attached hydrogens (primary N) is 1. The zero-order valence-corrected chi connectivity index (χ0v) is 13.1. The molecular formula is C13H26Cl2N2O. The van der Waals surface area contributed by atoms with E-state index >= 15 is 0 Å². The smallest absolute Gasteiger partial charge is 0.152 e. The van der Waals surface area contributed by atoms with Gasteiger partial charge in [0.05, 0.1) is 5.54 Å². The van der Waals surface area contributed by atoms with Crippen LogP contribution in [0, 0.1) is 17.3 Å². The highest BCUT2D eigenvalue weighted by Crippen LogP contribution is 2.65. The first-order valence-electron chi connectivity index (χ1n) is 6.40. The van der Waals surface area contributed by atoms with Gasteiger partial charge in [-0.25, -0.2) is 0 Å². The quantitative estimate of drug-likeness (QED) is 0.782. The lowest BCUT2D eigenvalue weighted by molar-refractivity contribution is -0.127. The van der Waals surface area contributed by atoms with Crippen LogP contribution in [-0.2, 0) is 4.79 Å². The van der Waals surface area contributed by atoms with E-state index in [0.717, 1.165) is 31.7 Å². The minimum Gasteiger partial charge on any atom is -0.330 e. The van der Waals surface area contributed by atoms with Gasteiger partial charge in [-0.15, -0.1) is 24.8 Å². The van der Waals surface area contributed by atoms with Crippen molar-refractivity contribution in [3.63, 3.8) is 0 Å². The van der Waals surface area contributed by atoms with Crippen LogP contribution in [-0.4, -0.2) is 24.4 Å². The Morgan fingerprint density at radius 2 is 1.89 bits per heavy atom. The van der Waals surface area contributed by atoms with Gasteiger partial charge in [0.1, 0.15) is 0 Å². The van der Waals surface area contributed by atoms with Crippen LogP contribution in [0.2, 0.25) is 0 Å². The number of hydrogen-bond donors (Lipinski definition) is 2. The summed E-state index contributed by atoms with van der Waals surface area (Å²) in [6, 6.07) is 0. The maximum Gasteiger partial charge on any atom is 0.152 e. The molecule has 0 radical (unpaired) electrons. The SMILES string of the molecule is CC1(C)[C@@H]2CC(=O)[C@@](C)(NCCCN)C[C@@H]21.Cl.Cl. The average molecular weight is 297 g/mol. The highest BCUT2D eigenvalue weighted by molar-refractivity contribution is 5.90. The Morgan fingerprint density at radius 3 is 2.44 bits per heavy atom. The first-order valence-corrected chi connectivity index (χ1v) is 6.40. The fourth-order valence-corrected chi connectivity index (χ4v) is 3.28. The van der Waals surface area contributed by atoms with Crippen molar-refractivity contribution in [3.05, 3.63) is 0 Å². The molecule has 0 heterocycles. The summed E-state index contributed by atoms with van der Waals surface area (Å²) in [6.45, 7) is 8.20. The fourth-order valence-electron chi connectivity index (χ4n) is 3.28. The number of fused-ring (bicyclic) bond motifs is 1. The molecule has 2 aliphatic carbocycles. The van der Waals surface area contributed by atoms with Gasteiger partial charge in [0, 0.05) is 6.42 Å². The maximum absolute atomic E-state index is 12.1. The summed E-state index contributed by atoms with van der Waals surface area (Å²) in [6.07, 6.45) is 2.72. The van der Waals surface area contributed by atoms with Crippen LogP contribution in [0.1, 0.15) is 40.0 Å². The summed E-state index contributed by atoms with van der Waals surface area (Å²) in [4.78, 5) is 12.1. The number of hydrogen-bond acceptors (Lipinski definition) is 3. The third-order valence-corrected chi connectivity index (χ3v) is 4.83. The summed E-state index contributed by atoms with van der Waals surface area (Å²) in [5, 5.41) is 3.41. The molecule has 2 fully saturated rings. The summed E-state index contributed by atoms with van der Waals surface area (Å²) in [5.41, 5.74) is 5.58. The molecule has 2 aliphatic rings. The summed E-state index contributed by atoms with van der Waals surface area (Å²) >= 11 is 0. The van der Waals surface area contributed by atoms with E-state index in [-0.39, 0.29) is 30.4 Å². The van der Waals surface area contributed by atoms with Gasteiger partial charge in [-0.3, -0.25) is 4.79 Å². The van der Waals surface area contributed by atoms with Crippen molar-refractivity contribution in [1.82, 2.24) is 5.32 Å². The van der Waals surface area contributed by atoms with Gasteiger partial charge in [-0.05, 0) is 50.1 Å². The number of carbonyl (C=O) groups excluding carboxylic acids is 1. The molecule has 108 valence electrons. The highest BCUT2D eigenvalue weighted by atomic mass is 35.5. The Balaban J connectivity index is 0.00000144. The Labute approximate surface area is 122 Å². The van der Waals surface area contributed by atoms with Gasteiger partial charge < -0.3 is 11.1 Å². The number of ketones is 1. The molecule has 18 heavy (non-hydrogen) atoms. The van der Waals surface area contributed by atoms with Gasteiger partial charge >= 0.3 is 0 Å². The van der Waals surface area contributed by atoms with Crippen molar-refractivity contribution in [2.24, 2.45) is 23.0 Å². The predicted octanol–water partition coefficient (Wildman–Crippen LogP) is 2.16. The molecule has 3 nitrogen and oxygen atoms in total. The third kappa shape index (κ3) is 3.01. The topological polar surface area (TPSA) is 55.1 Å². The molecule has 0 bridgehead atoms. The monoisotopic (exact) mass is 296 g/mol. The second kappa shape index (κ2) is 6.08. The van der Waals surface area contributed by atoms with Crippen molar-refractivity contribution in [2.45, 2.75) is 45.6 Å². The van der Waals surface area contributed by atoms with Gasteiger partial charge in [-0.1, -0.05) is 13.8 Å². The average Bonchev–Trinajstić information content (AvgIpc) is 2.70. The minimum atomic E-state index is -0.288. The van der Waals surface area contributed by atoms with Gasteiger partial charge in [0.15, 0.2) is 5.78 Å². The van der Waals surface area contributed by atoms with E-state index in [1.165, 1.54) is 0 Å². The van der Waals surface area contributed by atoms with Crippen LogP contribution < -0.4 is 11.1 Å². The number of halogens is 2. The lowest BCUT2D eigenvalue weighted by atomic mass is 9.82. The fraction of sp³-hybridized carbons (Fsp3) is 0.923. The number of Topliss-reactive ketones (excluding diaryl/α,β-unsaturated/α-hetero) is 1. The second-order valence-electron chi connectivity index (χ2n) is 6.27. The van der Waals surface area contributed by atoms with Crippen LogP contribution in [0.5, 0.6) is 0 Å². The Morgan fingerprint density at radius 1 is 1.28 bits per heavy atom. The van der Waals surface area contributed by atoms with Gasteiger partial charge in [-0.2, -0.15) is 0 Å². The van der Waals surface area contributed by atoms with E-state index in [1.54, 1.807) is 0 Å². The maximum atomic E-state index is 12.1. The molecule has 3 N–H and O–H groups in total. The molecule has 2 rings (SSSR count). The van der Waals surface area contributed by atoms with Crippen LogP contribution in [0.4, 0.5) is 0 Å². The van der Waals surface area contributed by atoms with Crippen LogP contribution in [0.3, 0.4) is 0 Å². The Bertz CT molecular complexity index is 309. The molecule has 2 saturated carbocycles. The molecule has 0 aromatic heterocycles. The van der Waals surface area contributed by atoms with E-state index in [9.17, 15) is 4.79 Å². The van der Waals surface area contributed by atoms with Crippen LogP contribution in [0.25, 0.3) is 0 Å². The van der Waals surface area contributed by atoms with Gasteiger partial charge in [0.25, 0.3) is 0 Å². The third-order valence-electron chi connectivity index (χ3n) is 4.83. The molecule has 0 saturated heterocycles. The van der Waals surface area contributed by atoms with E-state index in [1.807, 2.05) is 0 Å². The zero-order chi connectivity index (χ0) is 12.0. The lowest BCUT2D eigenvalue weighted by Crippen LogP contribution is -2.52. The second-order valence-corrected chi connectivity index (χ2v) is 6.27. The molecule has 0 aliphatic heterocycles. The highest BCUT2D eigenvalue weighted by Gasteiger charge is 2.63. The summed E-state index contributed by atoms with van der Waals surface area (Å²) in [7, 11) is 0. The van der Waals surface area contributed by atoms with Crippen LogP contribution in [0.15, 0.2) is 0 Å². The van der Waals surface area contributed by atoms with Crippen molar-refractivity contribution in [1.29, 1.82) is 0 Å². The van der Waals surface area contributed by atoms with Crippen molar-refractivity contribution < 1.29 is 4.79 Å². The molecular weight excluding hydrogens is 271 g/mol. The Kier molecular flexibility index (Phi) is 6.14. The van der Waals surface area contributed by atoms with E-state index < -0.39 is 0 Å². The molecule has 3 atom stereocenters. The van der Waals surface area contributed by atoms with Crippen molar-refractivity contribution in [2.75, 3.05) is 13.1 Å². The Hall–Kier alpha value is 0.170. The largest absolute Gasteiger partial charge is 0.330 e. The van der Waals surface area contributed by atoms with Crippen LogP contribution >= 0.6 is 24.8 Å². The predicted molar refractivity (Wildman–Crippen MR) is 79.6 cm³/mol. The lowest BCUT2D eigenvalue weighted by Gasteiger charge is -2.32. The molecule has 0 unspecified atom stereocenters.